The maximum absolute atomic E-state index is 13.0. The third kappa shape index (κ3) is 4.22. The van der Waals surface area contributed by atoms with Crippen molar-refractivity contribution in [1.82, 2.24) is 14.5 Å². The second-order valence-corrected chi connectivity index (χ2v) is 8.94. The van der Waals surface area contributed by atoms with Crippen molar-refractivity contribution in [3.05, 3.63) is 51.3 Å². The molecule has 2 aromatic rings. The molecule has 0 aliphatic carbocycles. The fraction of sp³-hybridized carbons (Fsp3) is 0.474. The van der Waals surface area contributed by atoms with E-state index in [1.165, 1.54) is 10.7 Å². The Morgan fingerprint density at radius 3 is 2.44 bits per heavy atom. The Morgan fingerprint density at radius 2 is 1.81 bits per heavy atom. The van der Waals surface area contributed by atoms with Crippen LogP contribution in [0.3, 0.4) is 0 Å². The molecule has 0 saturated carbocycles. The van der Waals surface area contributed by atoms with E-state index in [0.29, 0.717) is 17.3 Å². The van der Waals surface area contributed by atoms with E-state index in [1.807, 2.05) is 37.8 Å². The lowest BCUT2D eigenvalue weighted by molar-refractivity contribution is 0.461. The molecular weight excluding hydrogens is 364 g/mol. The third-order valence-electron chi connectivity index (χ3n) is 4.89. The molecule has 8 heteroatoms. The summed E-state index contributed by atoms with van der Waals surface area (Å²) in [7, 11) is -2.00. The highest BCUT2D eigenvalue weighted by molar-refractivity contribution is 7.89. The Bertz CT molecular complexity index is 991. The van der Waals surface area contributed by atoms with Gasteiger partial charge in [0, 0.05) is 32.2 Å². The van der Waals surface area contributed by atoms with Gasteiger partial charge in [-0.1, -0.05) is 17.7 Å². The van der Waals surface area contributed by atoms with Crippen molar-refractivity contribution in [2.75, 3.05) is 18.0 Å². The van der Waals surface area contributed by atoms with Gasteiger partial charge in [0.15, 0.2) is 0 Å². The molecule has 1 aliphatic rings. The van der Waals surface area contributed by atoms with E-state index in [2.05, 4.69) is 9.82 Å². The van der Waals surface area contributed by atoms with Crippen molar-refractivity contribution >= 4 is 15.8 Å². The SMILES string of the molecule is Cc1cc(C)c(S(=O)(=O)NC2CCCN(c3ccc(=O)n(C)n3)C2)c(C)c1. The van der Waals surface area contributed by atoms with Crippen LogP contribution in [0.2, 0.25) is 0 Å². The van der Waals surface area contributed by atoms with Crippen molar-refractivity contribution in [1.29, 1.82) is 0 Å². The Balaban J connectivity index is 1.81. The molecule has 146 valence electrons. The van der Waals surface area contributed by atoms with Crippen LogP contribution in [0.1, 0.15) is 29.5 Å². The zero-order valence-electron chi connectivity index (χ0n) is 16.2. The molecule has 1 aromatic carbocycles. The predicted octanol–water partition coefficient (Wildman–Crippen LogP) is 1.65. The van der Waals surface area contributed by atoms with Crippen LogP contribution in [0.4, 0.5) is 5.82 Å². The van der Waals surface area contributed by atoms with Crippen molar-refractivity contribution in [2.24, 2.45) is 7.05 Å². The summed E-state index contributed by atoms with van der Waals surface area (Å²) in [5.74, 6) is 0.684. The molecule has 7 nitrogen and oxygen atoms in total. The minimum atomic E-state index is -3.61. The van der Waals surface area contributed by atoms with E-state index in [-0.39, 0.29) is 11.6 Å². The van der Waals surface area contributed by atoms with Crippen LogP contribution in [0, 0.1) is 20.8 Å². The van der Waals surface area contributed by atoms with Gasteiger partial charge in [-0.2, -0.15) is 5.10 Å². The number of rotatable bonds is 4. The molecule has 1 unspecified atom stereocenters. The maximum atomic E-state index is 13.0. The third-order valence-corrected chi connectivity index (χ3v) is 6.71. The van der Waals surface area contributed by atoms with Gasteiger partial charge in [0.1, 0.15) is 5.82 Å². The van der Waals surface area contributed by atoms with Gasteiger partial charge in [0.25, 0.3) is 5.56 Å². The zero-order valence-corrected chi connectivity index (χ0v) is 17.0. The standard InChI is InChI=1S/C19H26N4O3S/c1-13-10-14(2)19(15(3)11-13)27(25,26)21-16-6-5-9-23(12-16)17-7-8-18(24)22(4)20-17/h7-8,10-11,16,21H,5-6,9,12H2,1-4H3. The van der Waals surface area contributed by atoms with Gasteiger partial charge in [-0.15, -0.1) is 0 Å². The van der Waals surface area contributed by atoms with Gasteiger partial charge in [0.2, 0.25) is 10.0 Å². The highest BCUT2D eigenvalue weighted by atomic mass is 32.2. The largest absolute Gasteiger partial charge is 0.354 e. The van der Waals surface area contributed by atoms with Crippen molar-refractivity contribution in [2.45, 2.75) is 44.6 Å². The average molecular weight is 391 g/mol. The molecule has 1 saturated heterocycles. The number of aryl methyl sites for hydroxylation is 4. The first kappa shape index (κ1) is 19.6. The topological polar surface area (TPSA) is 84.3 Å². The van der Waals surface area contributed by atoms with Crippen LogP contribution < -0.4 is 15.2 Å². The molecule has 1 N–H and O–H groups in total. The van der Waals surface area contributed by atoms with Crippen LogP contribution in [0.15, 0.2) is 34.0 Å². The highest BCUT2D eigenvalue weighted by Crippen LogP contribution is 2.23. The summed E-state index contributed by atoms with van der Waals surface area (Å²) in [5.41, 5.74) is 2.40. The van der Waals surface area contributed by atoms with Gasteiger partial charge in [-0.3, -0.25) is 4.79 Å². The summed E-state index contributed by atoms with van der Waals surface area (Å²) in [4.78, 5) is 13.9. The molecule has 2 heterocycles. The number of nitrogens with zero attached hydrogens (tertiary/aromatic N) is 3. The van der Waals surface area contributed by atoms with Crippen LogP contribution in [-0.2, 0) is 17.1 Å². The van der Waals surface area contributed by atoms with E-state index in [9.17, 15) is 13.2 Å². The molecule has 27 heavy (non-hydrogen) atoms. The highest BCUT2D eigenvalue weighted by Gasteiger charge is 2.28. The lowest BCUT2D eigenvalue weighted by atomic mass is 10.1. The van der Waals surface area contributed by atoms with Crippen LogP contribution in [0.5, 0.6) is 0 Å². The Kier molecular flexibility index (Phi) is 5.39. The monoisotopic (exact) mass is 390 g/mol. The number of hydrogen-bond acceptors (Lipinski definition) is 5. The van der Waals surface area contributed by atoms with E-state index >= 15 is 0 Å². The molecule has 0 radical (unpaired) electrons. The first-order valence-corrected chi connectivity index (χ1v) is 10.5. The normalized spacial score (nSPS) is 17.9. The summed E-state index contributed by atoms with van der Waals surface area (Å²) in [6.45, 7) is 6.93. The number of aromatic nitrogens is 2. The number of sulfonamides is 1. The number of nitrogens with one attached hydrogen (secondary N) is 1. The molecule has 3 rings (SSSR count). The molecule has 1 fully saturated rings. The Morgan fingerprint density at radius 1 is 1.15 bits per heavy atom. The van der Waals surface area contributed by atoms with E-state index in [4.69, 9.17) is 0 Å². The fourth-order valence-corrected chi connectivity index (χ4v) is 5.52. The molecule has 0 amide bonds. The number of hydrogen-bond donors (Lipinski definition) is 1. The lowest BCUT2D eigenvalue weighted by Gasteiger charge is -2.34. The fourth-order valence-electron chi connectivity index (χ4n) is 3.81. The summed E-state index contributed by atoms with van der Waals surface area (Å²) in [6.07, 6.45) is 1.62. The van der Waals surface area contributed by atoms with Crippen LogP contribution in [0.25, 0.3) is 0 Å². The summed E-state index contributed by atoms with van der Waals surface area (Å²) in [5, 5.41) is 4.28. The van der Waals surface area contributed by atoms with E-state index in [0.717, 1.165) is 36.1 Å². The number of benzene rings is 1. The van der Waals surface area contributed by atoms with Crippen molar-refractivity contribution < 1.29 is 8.42 Å². The minimum absolute atomic E-state index is 0.168. The molecule has 0 spiro atoms. The number of piperidine rings is 1. The second kappa shape index (κ2) is 7.44. The van der Waals surface area contributed by atoms with Crippen molar-refractivity contribution in [3.8, 4) is 0 Å². The Hall–Kier alpha value is -2.19. The van der Waals surface area contributed by atoms with Crippen molar-refractivity contribution in [3.63, 3.8) is 0 Å². The molecule has 1 atom stereocenters. The second-order valence-electron chi connectivity index (χ2n) is 7.29. The zero-order chi connectivity index (χ0) is 19.8. The molecule has 1 aliphatic heterocycles. The minimum Gasteiger partial charge on any atom is -0.354 e. The predicted molar refractivity (Wildman–Crippen MR) is 106 cm³/mol. The van der Waals surface area contributed by atoms with E-state index < -0.39 is 10.0 Å². The quantitative estimate of drug-likeness (QED) is 0.858. The van der Waals surface area contributed by atoms with Crippen LogP contribution >= 0.6 is 0 Å². The Labute approximate surface area is 160 Å². The average Bonchev–Trinajstić information content (AvgIpc) is 2.56. The summed E-state index contributed by atoms with van der Waals surface area (Å²) < 4.78 is 30.2. The number of anilines is 1. The van der Waals surface area contributed by atoms with Gasteiger partial charge in [-0.25, -0.2) is 17.8 Å². The first-order valence-electron chi connectivity index (χ1n) is 9.07. The molecule has 1 aromatic heterocycles. The smallest absolute Gasteiger partial charge is 0.266 e. The maximum Gasteiger partial charge on any atom is 0.266 e. The van der Waals surface area contributed by atoms with Gasteiger partial charge >= 0.3 is 0 Å². The first-order chi connectivity index (χ1) is 12.7. The van der Waals surface area contributed by atoms with Crippen LogP contribution in [-0.4, -0.2) is 37.3 Å². The summed E-state index contributed by atoms with van der Waals surface area (Å²) in [6, 6.07) is 6.75. The van der Waals surface area contributed by atoms with Gasteiger partial charge < -0.3 is 4.90 Å². The van der Waals surface area contributed by atoms with E-state index in [1.54, 1.807) is 13.1 Å². The van der Waals surface area contributed by atoms with Gasteiger partial charge in [0.05, 0.1) is 4.90 Å². The molecular formula is C19H26N4O3S. The lowest BCUT2D eigenvalue weighted by Crippen LogP contribution is -2.48. The molecule has 0 bridgehead atoms. The summed E-state index contributed by atoms with van der Waals surface area (Å²) >= 11 is 0. The van der Waals surface area contributed by atoms with Gasteiger partial charge in [-0.05, 0) is 50.8 Å².